The minimum atomic E-state index is 0.131. The van der Waals surface area contributed by atoms with Crippen LogP contribution < -0.4 is 10.1 Å². The minimum absolute atomic E-state index is 0.131. The Morgan fingerprint density at radius 1 is 1.25 bits per heavy atom. The van der Waals surface area contributed by atoms with E-state index in [0.717, 1.165) is 25.3 Å². The summed E-state index contributed by atoms with van der Waals surface area (Å²) in [6, 6.07) is 8.34. The molecule has 1 saturated heterocycles. The van der Waals surface area contributed by atoms with E-state index < -0.39 is 0 Å². The molecule has 1 aliphatic rings. The Morgan fingerprint density at radius 2 is 2.00 bits per heavy atom. The van der Waals surface area contributed by atoms with Gasteiger partial charge in [-0.25, -0.2) is 5.32 Å². The smallest absolute Gasteiger partial charge is 0.123 e. The Balaban J connectivity index is 2.19. The molecule has 1 unspecified atom stereocenters. The predicted molar refractivity (Wildman–Crippen MR) is 66.0 cm³/mol. The van der Waals surface area contributed by atoms with Crippen LogP contribution in [0.4, 0.5) is 0 Å². The van der Waals surface area contributed by atoms with Gasteiger partial charge in [0.1, 0.15) is 11.9 Å². The second kappa shape index (κ2) is 4.46. The largest absolute Gasteiger partial charge is 0.489 e. The van der Waals surface area contributed by atoms with Crippen molar-refractivity contribution in [3.05, 3.63) is 29.8 Å². The maximum atomic E-state index is 6.04. The van der Waals surface area contributed by atoms with Gasteiger partial charge in [-0.15, -0.1) is 0 Å². The van der Waals surface area contributed by atoms with Crippen LogP contribution in [-0.2, 0) is 5.41 Å². The van der Waals surface area contributed by atoms with E-state index in [1.54, 1.807) is 0 Å². The van der Waals surface area contributed by atoms with Gasteiger partial charge >= 0.3 is 0 Å². The molecule has 1 atom stereocenters. The maximum absolute atomic E-state index is 6.04. The fourth-order valence-electron chi connectivity index (χ4n) is 2.03. The average molecular weight is 218 g/mol. The summed E-state index contributed by atoms with van der Waals surface area (Å²) in [4.78, 5) is 0. The summed E-state index contributed by atoms with van der Waals surface area (Å²) >= 11 is 0. The minimum Gasteiger partial charge on any atom is -0.489 e. The monoisotopic (exact) mass is 218 g/mol. The second-order valence-electron chi connectivity index (χ2n) is 5.40. The molecule has 0 spiro atoms. The molecule has 0 amide bonds. The van der Waals surface area contributed by atoms with E-state index in [4.69, 9.17) is 4.74 Å². The van der Waals surface area contributed by atoms with E-state index in [-0.39, 0.29) is 11.5 Å². The number of rotatable bonds is 2. The summed E-state index contributed by atoms with van der Waals surface area (Å²) in [7, 11) is 0. The van der Waals surface area contributed by atoms with Crippen LogP contribution in [0.3, 0.4) is 0 Å². The molecule has 1 radical (unpaired) electrons. The van der Waals surface area contributed by atoms with E-state index in [1.165, 1.54) is 5.56 Å². The summed E-state index contributed by atoms with van der Waals surface area (Å²) in [5.74, 6) is 1.03. The van der Waals surface area contributed by atoms with Crippen molar-refractivity contribution in [1.82, 2.24) is 5.32 Å². The van der Waals surface area contributed by atoms with Crippen molar-refractivity contribution in [3.8, 4) is 5.75 Å². The molecule has 0 bridgehead atoms. The molecule has 1 aromatic carbocycles. The standard InChI is InChI=1S/C14H20NO/c1-14(2,3)12-6-4-5-7-13(12)16-11-8-9-15-10-11/h4-7,11H,8-10H2,1-3H3. The predicted octanol–water partition coefficient (Wildman–Crippen LogP) is 2.74. The summed E-state index contributed by atoms with van der Waals surface area (Å²) in [6.45, 7) is 8.44. The SMILES string of the molecule is CC(C)(C)c1ccccc1OC1CC[N]C1. The topological polar surface area (TPSA) is 23.3 Å². The van der Waals surface area contributed by atoms with Crippen LogP contribution in [0.1, 0.15) is 32.8 Å². The first-order valence-electron chi connectivity index (χ1n) is 5.97. The van der Waals surface area contributed by atoms with Crippen molar-refractivity contribution in [2.45, 2.75) is 38.7 Å². The van der Waals surface area contributed by atoms with Gasteiger partial charge in [-0.2, -0.15) is 0 Å². The molecular formula is C14H20NO. The molecule has 16 heavy (non-hydrogen) atoms. The van der Waals surface area contributed by atoms with Crippen molar-refractivity contribution in [1.29, 1.82) is 0 Å². The molecule has 87 valence electrons. The van der Waals surface area contributed by atoms with Crippen molar-refractivity contribution in [2.75, 3.05) is 13.1 Å². The summed E-state index contributed by atoms with van der Waals surface area (Å²) in [6.07, 6.45) is 1.34. The van der Waals surface area contributed by atoms with E-state index in [1.807, 2.05) is 6.07 Å². The highest BCUT2D eigenvalue weighted by atomic mass is 16.5. The van der Waals surface area contributed by atoms with Crippen molar-refractivity contribution in [3.63, 3.8) is 0 Å². The van der Waals surface area contributed by atoms with E-state index in [9.17, 15) is 0 Å². The normalized spacial score (nSPS) is 21.1. The summed E-state index contributed by atoms with van der Waals surface area (Å²) in [5.41, 5.74) is 1.41. The van der Waals surface area contributed by atoms with Crippen LogP contribution in [0, 0.1) is 0 Å². The lowest BCUT2D eigenvalue weighted by molar-refractivity contribution is 0.217. The lowest BCUT2D eigenvalue weighted by Crippen LogP contribution is -2.20. The molecule has 1 aliphatic heterocycles. The lowest BCUT2D eigenvalue weighted by Gasteiger charge is -2.24. The summed E-state index contributed by atoms with van der Waals surface area (Å²) < 4.78 is 6.04. The van der Waals surface area contributed by atoms with E-state index >= 15 is 0 Å². The average Bonchev–Trinajstić information content (AvgIpc) is 2.70. The molecule has 2 nitrogen and oxygen atoms in total. The quantitative estimate of drug-likeness (QED) is 0.748. The van der Waals surface area contributed by atoms with Crippen LogP contribution in [0.5, 0.6) is 5.75 Å². The molecule has 0 aliphatic carbocycles. The maximum Gasteiger partial charge on any atom is 0.123 e. The zero-order chi connectivity index (χ0) is 11.6. The van der Waals surface area contributed by atoms with Crippen LogP contribution in [-0.4, -0.2) is 19.2 Å². The Hall–Kier alpha value is -1.02. The number of hydrogen-bond acceptors (Lipinski definition) is 1. The van der Waals surface area contributed by atoms with E-state index in [2.05, 4.69) is 44.3 Å². The molecule has 2 rings (SSSR count). The number of ether oxygens (including phenoxy) is 1. The van der Waals surface area contributed by atoms with E-state index in [0.29, 0.717) is 0 Å². The Bertz CT molecular complexity index is 348. The first-order chi connectivity index (χ1) is 7.57. The fourth-order valence-corrected chi connectivity index (χ4v) is 2.03. The molecule has 2 heteroatoms. The third-order valence-corrected chi connectivity index (χ3v) is 2.93. The highest BCUT2D eigenvalue weighted by Crippen LogP contribution is 2.31. The molecular weight excluding hydrogens is 198 g/mol. The second-order valence-corrected chi connectivity index (χ2v) is 5.40. The van der Waals surface area contributed by atoms with Gasteiger partial charge in [0.05, 0.1) is 6.54 Å². The number of para-hydroxylation sites is 1. The van der Waals surface area contributed by atoms with Gasteiger partial charge in [-0.1, -0.05) is 39.0 Å². The van der Waals surface area contributed by atoms with Gasteiger partial charge in [0, 0.05) is 6.54 Å². The van der Waals surface area contributed by atoms with Crippen LogP contribution in [0.15, 0.2) is 24.3 Å². The van der Waals surface area contributed by atoms with Crippen LogP contribution >= 0.6 is 0 Å². The Kier molecular flexibility index (Phi) is 3.20. The number of hydrogen-bond donors (Lipinski definition) is 0. The molecule has 1 heterocycles. The first-order valence-corrected chi connectivity index (χ1v) is 5.97. The zero-order valence-electron chi connectivity index (χ0n) is 10.4. The van der Waals surface area contributed by atoms with Gasteiger partial charge in [-0.3, -0.25) is 0 Å². The highest BCUT2D eigenvalue weighted by molar-refractivity contribution is 5.38. The lowest BCUT2D eigenvalue weighted by atomic mass is 9.86. The zero-order valence-corrected chi connectivity index (χ0v) is 10.4. The van der Waals surface area contributed by atoms with Gasteiger partial charge in [0.2, 0.25) is 0 Å². The van der Waals surface area contributed by atoms with Gasteiger partial charge in [0.15, 0.2) is 0 Å². The summed E-state index contributed by atoms with van der Waals surface area (Å²) in [5, 5.41) is 4.33. The third kappa shape index (κ3) is 2.56. The highest BCUT2D eigenvalue weighted by Gasteiger charge is 2.22. The van der Waals surface area contributed by atoms with Gasteiger partial charge in [0.25, 0.3) is 0 Å². The molecule has 1 aromatic rings. The van der Waals surface area contributed by atoms with Gasteiger partial charge < -0.3 is 4.74 Å². The van der Waals surface area contributed by atoms with Crippen LogP contribution in [0.25, 0.3) is 0 Å². The van der Waals surface area contributed by atoms with Crippen LogP contribution in [0.2, 0.25) is 0 Å². The van der Waals surface area contributed by atoms with Crippen molar-refractivity contribution < 1.29 is 4.74 Å². The molecule has 0 N–H and O–H groups in total. The number of nitrogens with zero attached hydrogens (tertiary/aromatic N) is 1. The molecule has 0 saturated carbocycles. The Labute approximate surface area is 98.0 Å². The Morgan fingerprint density at radius 3 is 2.62 bits per heavy atom. The van der Waals surface area contributed by atoms with Crippen molar-refractivity contribution >= 4 is 0 Å². The first kappa shape index (κ1) is 11.5. The third-order valence-electron chi connectivity index (χ3n) is 2.93. The molecule has 0 aromatic heterocycles. The van der Waals surface area contributed by atoms with Gasteiger partial charge in [-0.05, 0) is 23.5 Å². The fraction of sp³-hybridized carbons (Fsp3) is 0.571. The number of benzene rings is 1. The molecule has 1 fully saturated rings. The van der Waals surface area contributed by atoms with Crippen molar-refractivity contribution in [2.24, 2.45) is 0 Å².